The van der Waals surface area contributed by atoms with Gasteiger partial charge in [-0.1, -0.05) is 24.3 Å². The van der Waals surface area contributed by atoms with Gasteiger partial charge in [-0.2, -0.15) is 0 Å². The monoisotopic (exact) mass is 626 g/mol. The molecule has 0 atom stereocenters. The van der Waals surface area contributed by atoms with Crippen molar-refractivity contribution in [3.8, 4) is 45.6 Å². The Kier molecular flexibility index (Phi) is 5.73. The second kappa shape index (κ2) is 9.70. The molecule has 3 aromatic carbocycles. The van der Waals surface area contributed by atoms with Crippen molar-refractivity contribution < 1.29 is 17.9 Å². The minimum absolute atomic E-state index is 0.276. The van der Waals surface area contributed by atoms with Crippen LogP contribution in [0, 0.1) is 0 Å². The van der Waals surface area contributed by atoms with E-state index in [4.69, 9.17) is 52.8 Å². The number of nitrogen functional groups attached to an aromatic ring is 1. The number of benzene rings is 3. The maximum absolute atomic E-state index is 6.55. The normalized spacial score (nSPS) is 12.5. The molecule has 0 saturated heterocycles. The van der Waals surface area contributed by atoms with Gasteiger partial charge in [-0.05, 0) is 0 Å². The zero-order valence-electron chi connectivity index (χ0n) is 23.1. The standard InChI is InChI=1S/C31H22N12.Zn/c32-13-21(34)24(35)19-12-22-36-25-14-6-1-2-7-15(14)26(38-25)39-27-16-8-3-4-9-17(16)28(40-27)41-29-18-10-5-11-20(33)23(18)31(42-29)43-30(19)37-22;/h1-12H,32-35H2,(H2,36,37,38,39,40,41,42,43);/b24-21-;. The van der Waals surface area contributed by atoms with Crippen molar-refractivity contribution >= 4 is 49.0 Å². The summed E-state index contributed by atoms with van der Waals surface area (Å²) in [5, 5.41) is 1.78. The van der Waals surface area contributed by atoms with E-state index in [-0.39, 0.29) is 5.70 Å². The molecule has 0 radical (unpaired) electrons. The molecule has 0 saturated carbocycles. The Morgan fingerprint density at radius 2 is 1.16 bits per heavy atom. The van der Waals surface area contributed by atoms with E-state index in [1.165, 1.54) is 0 Å². The van der Waals surface area contributed by atoms with Crippen LogP contribution in [0.2, 0.25) is 0 Å². The number of anilines is 1. The van der Waals surface area contributed by atoms with Gasteiger partial charge in [0.25, 0.3) is 0 Å². The Labute approximate surface area is 258 Å². The van der Waals surface area contributed by atoms with Crippen molar-refractivity contribution in [2.75, 3.05) is 5.73 Å². The van der Waals surface area contributed by atoms with Crippen LogP contribution in [-0.2, 0) is 17.9 Å². The van der Waals surface area contributed by atoms with Gasteiger partial charge in [-0.15, -0.1) is 0 Å². The third-order valence-electron chi connectivity index (χ3n) is 7.66. The summed E-state index contributed by atoms with van der Waals surface area (Å²) < 4.78 is 0.501. The summed E-state index contributed by atoms with van der Waals surface area (Å²) in [5.41, 5.74) is 32.2. The summed E-state index contributed by atoms with van der Waals surface area (Å²) in [7, 11) is 0. The van der Waals surface area contributed by atoms with E-state index in [1.807, 2.05) is 60.7 Å². The third-order valence-corrected chi connectivity index (χ3v) is 8.46. The molecule has 0 aliphatic carbocycles. The van der Waals surface area contributed by atoms with Crippen LogP contribution in [-0.4, -0.2) is 44.1 Å². The molecular formula is C31H22N12Zn. The maximum atomic E-state index is 6.55. The number of hydrogen-bond donors (Lipinski definition) is 6. The molecule has 208 valence electrons. The first-order valence-electron chi connectivity index (χ1n) is 13.7. The molecule has 44 heavy (non-hydrogen) atoms. The molecule has 12 nitrogen and oxygen atoms in total. The van der Waals surface area contributed by atoms with Crippen molar-refractivity contribution in [2.45, 2.75) is 0 Å². The first-order valence-corrected chi connectivity index (χ1v) is 15.2. The predicted molar refractivity (Wildman–Crippen MR) is 167 cm³/mol. The molecule has 2 aliphatic rings. The Morgan fingerprint density at radius 1 is 0.591 bits per heavy atom. The molecule has 10 N–H and O–H groups in total. The van der Waals surface area contributed by atoms with Gasteiger partial charge in [0, 0.05) is 5.39 Å². The zero-order valence-corrected chi connectivity index (χ0v) is 26.1. The summed E-state index contributed by atoms with van der Waals surface area (Å²) in [5.74, 6) is 1.83. The van der Waals surface area contributed by atoms with Crippen LogP contribution >= 0.6 is 0 Å². The van der Waals surface area contributed by atoms with E-state index in [9.17, 15) is 0 Å². The van der Waals surface area contributed by atoms with Crippen molar-refractivity contribution in [1.82, 2.24) is 39.9 Å². The van der Waals surface area contributed by atoms with Gasteiger partial charge < -0.3 is 0 Å². The molecule has 0 fully saturated rings. The van der Waals surface area contributed by atoms with Gasteiger partial charge in [0.2, 0.25) is 0 Å². The summed E-state index contributed by atoms with van der Waals surface area (Å²) in [6.07, 6.45) is 0. The molecule has 8 bridgehead atoms. The third kappa shape index (κ3) is 4.02. The molecule has 8 rings (SSSR count). The van der Waals surface area contributed by atoms with Gasteiger partial charge in [0.1, 0.15) is 0 Å². The second-order valence-electron chi connectivity index (χ2n) is 10.4. The van der Waals surface area contributed by atoms with Gasteiger partial charge in [-0.3, -0.25) is 0 Å². The quantitative estimate of drug-likeness (QED) is 0.121. The van der Waals surface area contributed by atoms with E-state index in [2.05, 4.69) is 9.97 Å². The topological polar surface area (TPSA) is 213 Å². The molecule has 2 aliphatic heterocycles. The van der Waals surface area contributed by atoms with Gasteiger partial charge in [0.15, 0.2) is 0 Å². The number of nitrogens with zero attached hydrogens (tertiary/aromatic N) is 6. The van der Waals surface area contributed by atoms with Gasteiger partial charge in [0.05, 0.1) is 0 Å². The summed E-state index contributed by atoms with van der Waals surface area (Å²) in [6, 6.07) is 23.1. The van der Waals surface area contributed by atoms with E-state index >= 15 is 0 Å². The van der Waals surface area contributed by atoms with Crippen LogP contribution < -0.4 is 22.9 Å². The number of hydrogen-bond acceptors (Lipinski definition) is 10. The van der Waals surface area contributed by atoms with Crippen LogP contribution in [0.4, 0.5) is 5.69 Å². The molecule has 3 aromatic heterocycles. The predicted octanol–water partition coefficient (Wildman–Crippen LogP) is 3.52. The Morgan fingerprint density at radius 3 is 1.84 bits per heavy atom. The number of nitrogens with two attached hydrogens (primary N) is 4. The number of aromatic nitrogens is 8. The molecule has 5 heterocycles. The van der Waals surface area contributed by atoms with Crippen LogP contribution in [0.3, 0.4) is 0 Å². The number of rotatable bonds is 2. The van der Waals surface area contributed by atoms with E-state index in [0.29, 0.717) is 90.5 Å². The molecule has 0 amide bonds. The average molecular weight is 628 g/mol. The summed E-state index contributed by atoms with van der Waals surface area (Å²) in [4.78, 5) is 36.1. The van der Waals surface area contributed by atoms with Gasteiger partial charge in [-0.25, -0.2) is 0 Å². The fourth-order valence-corrected chi connectivity index (χ4v) is 5.91. The van der Waals surface area contributed by atoms with Crippen molar-refractivity contribution in [1.29, 1.82) is 0 Å². The fourth-order valence-electron chi connectivity index (χ4n) is 5.51. The van der Waals surface area contributed by atoms with Crippen LogP contribution in [0.1, 0.15) is 5.56 Å². The van der Waals surface area contributed by atoms with E-state index < -0.39 is 0 Å². The molecular weight excluding hydrogens is 606 g/mol. The first kappa shape index (κ1) is 26.0. The Hall–Kier alpha value is -5.65. The van der Waals surface area contributed by atoms with Crippen molar-refractivity contribution in [2.24, 2.45) is 17.2 Å². The zero-order chi connectivity index (χ0) is 30.1. The molecule has 6 aromatic rings. The summed E-state index contributed by atoms with van der Waals surface area (Å²) >= 11 is 0.655. The Balaban J connectivity index is 1.57. The van der Waals surface area contributed by atoms with Crippen molar-refractivity contribution in [3.05, 3.63) is 84.1 Å². The second-order valence-corrected chi connectivity index (χ2v) is 12.0. The van der Waals surface area contributed by atoms with Crippen LogP contribution in [0.5, 0.6) is 0 Å². The van der Waals surface area contributed by atoms with E-state index in [1.54, 1.807) is 12.1 Å². The minimum atomic E-state index is 0.276. The number of nitrogens with one attached hydrogen (secondary N) is 2. The van der Waals surface area contributed by atoms with Crippen LogP contribution in [0.25, 0.3) is 84.6 Å². The molecule has 0 spiro atoms. The summed E-state index contributed by atoms with van der Waals surface area (Å²) in [6.45, 7) is 0. The Bertz CT molecular complexity index is 2420. The van der Waals surface area contributed by atoms with E-state index in [0.717, 1.165) is 27.5 Å². The molecule has 0 unspecified atom stereocenters. The average Bonchev–Trinajstić information content (AvgIpc) is 3.77. The first-order chi connectivity index (χ1) is 21.4. The van der Waals surface area contributed by atoms with Gasteiger partial charge >= 0.3 is 230 Å². The number of H-pyrrole nitrogens is 2. The van der Waals surface area contributed by atoms with Crippen LogP contribution in [0.15, 0.2) is 78.5 Å². The molecule has 13 heteroatoms. The van der Waals surface area contributed by atoms with Crippen molar-refractivity contribution in [3.63, 3.8) is 0 Å². The number of aromatic amines is 2. The fraction of sp³-hybridized carbons (Fsp3) is 0. The number of fused-ring (bicyclic) bond motifs is 17. The SMILES string of the molecule is N[C](=[Zn])/C(N)=C(/N)c1cc2nc3nc(nc4[nH]c(nc5nc(nc1[nH]2)-c1c(N)cccc1-5)c1ccccc41)-c1ccccc1-3.